The van der Waals surface area contributed by atoms with Gasteiger partial charge in [-0.1, -0.05) is 20.8 Å². The summed E-state index contributed by atoms with van der Waals surface area (Å²) in [6.07, 6.45) is 1.13. The monoisotopic (exact) mass is 261 g/mol. The van der Waals surface area contributed by atoms with Crippen molar-refractivity contribution >= 4 is 15.2 Å². The molecule has 0 aliphatic rings. The van der Waals surface area contributed by atoms with Gasteiger partial charge in [0.05, 0.1) is 0 Å². The van der Waals surface area contributed by atoms with Crippen molar-refractivity contribution in [2.45, 2.75) is 25.9 Å². The van der Waals surface area contributed by atoms with Gasteiger partial charge < -0.3 is 24.7 Å². The second-order valence-electron chi connectivity index (χ2n) is 3.73. The Morgan fingerprint density at radius 1 is 1.00 bits per heavy atom. The van der Waals surface area contributed by atoms with E-state index in [-0.39, 0.29) is 0 Å². The van der Waals surface area contributed by atoms with Crippen LogP contribution in [-0.4, -0.2) is 29.8 Å². The van der Waals surface area contributed by atoms with Crippen LogP contribution in [0.4, 0.5) is 0 Å². The van der Waals surface area contributed by atoms with E-state index >= 15 is 0 Å². The predicted octanol–water partition coefficient (Wildman–Crippen LogP) is 0.238. The Kier molecular flexibility index (Phi) is 4.00. The van der Waals surface area contributed by atoms with E-state index in [4.69, 9.17) is 19.6 Å². The van der Waals surface area contributed by atoms with E-state index in [2.05, 4.69) is 0 Å². The highest BCUT2D eigenvalue weighted by Crippen LogP contribution is 2.74. The van der Waals surface area contributed by atoms with Crippen LogP contribution in [0.1, 0.15) is 20.8 Å². The van der Waals surface area contributed by atoms with Gasteiger partial charge in [-0.15, -0.1) is 0 Å². The minimum atomic E-state index is -5.39. The Morgan fingerprint density at radius 3 is 1.33 bits per heavy atom. The number of hydrogen-bond acceptors (Lipinski definition) is 3. The molecule has 5 N–H and O–H groups in total. The molecular weight excluding hydrogens is 246 g/mol. The third-order valence-electron chi connectivity index (χ3n) is 2.40. The molecule has 0 aliphatic heterocycles. The Balaban J connectivity index is 5.88. The van der Waals surface area contributed by atoms with E-state index in [1.807, 2.05) is 0 Å². The van der Waals surface area contributed by atoms with Gasteiger partial charge in [0, 0.05) is 5.41 Å². The maximum Gasteiger partial charge on any atom is 0.370 e. The first kappa shape index (κ1) is 15.3. The Bertz CT molecular complexity index is 302. The fourth-order valence-corrected chi connectivity index (χ4v) is 4.23. The van der Waals surface area contributed by atoms with Gasteiger partial charge >= 0.3 is 15.2 Å². The van der Waals surface area contributed by atoms with Crippen molar-refractivity contribution < 1.29 is 33.8 Å². The van der Waals surface area contributed by atoms with Crippen LogP contribution >= 0.6 is 15.2 Å². The van der Waals surface area contributed by atoms with Crippen molar-refractivity contribution in [1.29, 1.82) is 0 Å². The fraction of sp³-hybridized carbons (Fsp3) is 0.833. The van der Waals surface area contributed by atoms with Crippen LogP contribution in [0.2, 0.25) is 0 Å². The molecule has 0 aromatic rings. The summed E-state index contributed by atoms with van der Waals surface area (Å²) >= 11 is 0. The minimum Gasteiger partial charge on any atom is -0.367 e. The zero-order valence-electron chi connectivity index (χ0n) is 8.52. The van der Waals surface area contributed by atoms with Crippen molar-refractivity contribution in [2.24, 2.45) is 5.41 Å². The molecule has 1 radical (unpaired) electrons. The number of hydrogen-bond donors (Lipinski definition) is 5. The summed E-state index contributed by atoms with van der Waals surface area (Å²) in [6, 6.07) is 0. The highest BCUT2D eigenvalue weighted by Gasteiger charge is 2.67. The summed E-state index contributed by atoms with van der Waals surface area (Å²) in [4.78, 5) is 35.6. The third-order valence-corrected chi connectivity index (χ3v) is 6.74. The van der Waals surface area contributed by atoms with Gasteiger partial charge in [0.15, 0.2) is 0 Å². The minimum absolute atomic E-state index is 1.13. The normalized spacial score (nSPS) is 15.5. The van der Waals surface area contributed by atoms with Gasteiger partial charge in [-0.25, -0.2) is 0 Å². The van der Waals surface area contributed by atoms with Crippen LogP contribution in [0.3, 0.4) is 0 Å². The summed E-state index contributed by atoms with van der Waals surface area (Å²) in [6.45, 7) is 3.60. The average Bonchev–Trinajstić information content (AvgIpc) is 1.98. The van der Waals surface area contributed by atoms with Crippen LogP contribution in [0.5, 0.6) is 0 Å². The Hall–Kier alpha value is 0.260. The molecule has 0 aromatic carbocycles. The Labute approximate surface area is 87.5 Å². The largest absolute Gasteiger partial charge is 0.370 e. The van der Waals surface area contributed by atoms with Gasteiger partial charge in [-0.05, 0) is 6.42 Å². The first-order chi connectivity index (χ1) is 6.31. The lowest BCUT2D eigenvalue weighted by Gasteiger charge is -2.41. The molecule has 0 amide bonds. The molecule has 0 saturated heterocycles. The summed E-state index contributed by atoms with van der Waals surface area (Å²) < 4.78 is 22.1. The zero-order valence-corrected chi connectivity index (χ0v) is 10.3. The summed E-state index contributed by atoms with van der Waals surface area (Å²) in [5.41, 5.74) is -1.73. The van der Waals surface area contributed by atoms with Crippen molar-refractivity contribution in [2.75, 3.05) is 0 Å². The molecule has 0 atom stereocenters. The molecule has 0 unspecified atom stereocenters. The van der Waals surface area contributed by atoms with Gasteiger partial charge in [-0.2, -0.15) is 0 Å². The molecule has 15 heavy (non-hydrogen) atoms. The molecule has 0 heterocycles. The van der Waals surface area contributed by atoms with Crippen LogP contribution in [0.15, 0.2) is 0 Å². The molecule has 0 aromatic heterocycles. The molecule has 0 aliphatic carbocycles. The van der Waals surface area contributed by atoms with E-state index in [9.17, 15) is 14.2 Å². The molecule has 0 fully saturated rings. The molecule has 0 spiro atoms. The highest BCUT2D eigenvalue weighted by atomic mass is 31.2. The first-order valence-corrected chi connectivity index (χ1v) is 7.18. The maximum atomic E-state index is 11.0. The van der Waals surface area contributed by atoms with Crippen molar-refractivity contribution in [3.05, 3.63) is 6.42 Å². The quantitative estimate of drug-likeness (QED) is 0.457. The fourth-order valence-electron chi connectivity index (χ4n) is 1.11. The van der Waals surface area contributed by atoms with E-state index in [0.29, 0.717) is 0 Å². The lowest BCUT2D eigenvalue weighted by molar-refractivity contribution is 0.0489. The maximum absolute atomic E-state index is 11.0. The van der Waals surface area contributed by atoms with Crippen LogP contribution in [0.25, 0.3) is 0 Å². The summed E-state index contributed by atoms with van der Waals surface area (Å²) in [5, 5.41) is 6.25. The van der Waals surface area contributed by atoms with Gasteiger partial charge in [-0.3, -0.25) is 9.13 Å². The third kappa shape index (κ3) is 2.34. The van der Waals surface area contributed by atoms with Gasteiger partial charge in [0.2, 0.25) is 0 Å². The lowest BCUT2D eigenvalue weighted by atomic mass is 9.91. The standard InChI is InChI=1S/C6H15O7P2/c1-4-5(2,3)6(7,14(8,9)10)15(11,12)13/h4,7H,1-3H3,(H2,8,9,10)(H2,11,12,13). The first-order valence-electron chi connectivity index (χ1n) is 3.95. The van der Waals surface area contributed by atoms with Crippen molar-refractivity contribution in [3.63, 3.8) is 0 Å². The van der Waals surface area contributed by atoms with Gasteiger partial charge in [0.1, 0.15) is 0 Å². The van der Waals surface area contributed by atoms with E-state index in [1.165, 1.54) is 6.92 Å². The average molecular weight is 261 g/mol. The van der Waals surface area contributed by atoms with Crippen LogP contribution in [0, 0.1) is 11.8 Å². The van der Waals surface area contributed by atoms with Crippen molar-refractivity contribution in [3.8, 4) is 0 Å². The molecule has 0 saturated carbocycles. The van der Waals surface area contributed by atoms with Gasteiger partial charge in [0.25, 0.3) is 5.08 Å². The zero-order chi connectivity index (χ0) is 12.7. The predicted molar refractivity (Wildman–Crippen MR) is 52.8 cm³/mol. The molecule has 9 heteroatoms. The number of rotatable bonds is 4. The van der Waals surface area contributed by atoms with E-state index < -0.39 is 25.7 Å². The lowest BCUT2D eigenvalue weighted by Crippen LogP contribution is -2.44. The summed E-state index contributed by atoms with van der Waals surface area (Å²) in [5.74, 6) is 0. The van der Waals surface area contributed by atoms with E-state index in [1.54, 1.807) is 0 Å². The Morgan fingerprint density at radius 2 is 1.27 bits per heavy atom. The molecule has 91 valence electrons. The van der Waals surface area contributed by atoms with Crippen LogP contribution < -0.4 is 0 Å². The smallest absolute Gasteiger partial charge is 0.367 e. The second-order valence-corrected chi connectivity index (χ2v) is 7.56. The van der Waals surface area contributed by atoms with E-state index in [0.717, 1.165) is 20.3 Å². The van der Waals surface area contributed by atoms with Crippen LogP contribution in [-0.2, 0) is 9.13 Å². The summed E-state index contributed by atoms with van der Waals surface area (Å²) in [7, 11) is -10.8. The highest BCUT2D eigenvalue weighted by molar-refractivity contribution is 7.72. The second kappa shape index (κ2) is 3.93. The molecule has 7 nitrogen and oxygen atoms in total. The van der Waals surface area contributed by atoms with Crippen molar-refractivity contribution in [1.82, 2.24) is 0 Å². The molecule has 0 bridgehead atoms. The SMILES string of the molecule is C[CH]C(C)(C)C(O)(P(=O)(O)O)P(=O)(O)O. The number of aliphatic hydroxyl groups is 1. The molecule has 0 rings (SSSR count). The topological polar surface area (TPSA) is 135 Å². The molecular formula is C6H15O7P2.